The Morgan fingerprint density at radius 1 is 1.06 bits per heavy atom. The summed E-state index contributed by atoms with van der Waals surface area (Å²) in [6.45, 7) is 7.70. The number of nitrogens with zero attached hydrogens (tertiary/aromatic N) is 4. The van der Waals surface area contributed by atoms with E-state index in [0.29, 0.717) is 24.1 Å². The summed E-state index contributed by atoms with van der Waals surface area (Å²) in [4.78, 5) is 39.2. The van der Waals surface area contributed by atoms with Crippen LogP contribution in [0.2, 0.25) is 0 Å². The molecule has 184 valence electrons. The van der Waals surface area contributed by atoms with Crippen LogP contribution in [0.25, 0.3) is 10.9 Å². The van der Waals surface area contributed by atoms with Crippen molar-refractivity contribution < 1.29 is 14.3 Å². The third-order valence-corrected chi connectivity index (χ3v) is 7.07. The number of anilines is 1. The molecule has 0 unspecified atom stereocenters. The van der Waals surface area contributed by atoms with Crippen molar-refractivity contribution in [3.05, 3.63) is 30.1 Å². The molecule has 34 heavy (non-hydrogen) atoms. The van der Waals surface area contributed by atoms with Crippen molar-refractivity contribution in [2.75, 3.05) is 38.6 Å². The molecular weight excluding hydrogens is 430 g/mol. The number of rotatable bonds is 7. The van der Waals surface area contributed by atoms with Crippen LogP contribution in [0.5, 0.6) is 0 Å². The van der Waals surface area contributed by atoms with E-state index in [0.717, 1.165) is 49.9 Å². The van der Waals surface area contributed by atoms with Gasteiger partial charge in [0, 0.05) is 37.5 Å². The van der Waals surface area contributed by atoms with Crippen LogP contribution >= 0.6 is 0 Å². The highest BCUT2D eigenvalue weighted by molar-refractivity contribution is 5.91. The minimum absolute atomic E-state index is 0.0411. The van der Waals surface area contributed by atoms with E-state index >= 15 is 0 Å². The quantitative estimate of drug-likeness (QED) is 0.624. The van der Waals surface area contributed by atoms with Gasteiger partial charge >= 0.3 is 5.97 Å². The normalized spacial score (nSPS) is 18.8. The molecule has 8 nitrogen and oxygen atoms in total. The van der Waals surface area contributed by atoms with Gasteiger partial charge in [-0.3, -0.25) is 9.69 Å². The van der Waals surface area contributed by atoms with Crippen molar-refractivity contribution in [2.24, 2.45) is 11.8 Å². The fraction of sp³-hybridized carbons (Fsp3) is 0.615. The van der Waals surface area contributed by atoms with Crippen LogP contribution in [0.4, 0.5) is 5.82 Å². The molecule has 2 fully saturated rings. The van der Waals surface area contributed by atoms with Crippen molar-refractivity contribution in [1.29, 1.82) is 0 Å². The lowest BCUT2D eigenvalue weighted by atomic mass is 9.88. The standard InChI is InChI=1S/C26H37N5O3/c1-18(2)23(26(33)34-3)29-24-20-11-7-8-12-21(20)27-22(28-24)17-30-13-15-31(16-14-30)25(32)19-9-5-4-6-10-19/h7-8,11-12,18-19,23H,4-6,9-10,13-17H2,1-3H3,(H,27,28,29)/t23-/m0/s1. The fourth-order valence-corrected chi connectivity index (χ4v) is 5.01. The largest absolute Gasteiger partial charge is 0.467 e. The van der Waals surface area contributed by atoms with Crippen molar-refractivity contribution in [1.82, 2.24) is 19.8 Å². The molecule has 0 spiro atoms. The summed E-state index contributed by atoms with van der Waals surface area (Å²) in [5, 5.41) is 4.19. The highest BCUT2D eigenvalue weighted by Gasteiger charge is 2.29. The van der Waals surface area contributed by atoms with E-state index in [2.05, 4.69) is 10.2 Å². The summed E-state index contributed by atoms with van der Waals surface area (Å²) < 4.78 is 5.00. The highest BCUT2D eigenvalue weighted by atomic mass is 16.5. The lowest BCUT2D eigenvalue weighted by molar-refractivity contribution is -0.142. The number of carbonyl (C=O) groups excluding carboxylic acids is 2. The van der Waals surface area contributed by atoms with Crippen molar-refractivity contribution in [2.45, 2.75) is 58.5 Å². The number of hydrogen-bond donors (Lipinski definition) is 1. The van der Waals surface area contributed by atoms with Gasteiger partial charge < -0.3 is 15.0 Å². The van der Waals surface area contributed by atoms with Crippen LogP contribution in [0, 0.1) is 11.8 Å². The number of esters is 1. The second kappa shape index (κ2) is 11.1. The summed E-state index contributed by atoms with van der Waals surface area (Å²) >= 11 is 0. The number of para-hydroxylation sites is 1. The average molecular weight is 468 g/mol. The summed E-state index contributed by atoms with van der Waals surface area (Å²) in [5.74, 6) is 1.66. The van der Waals surface area contributed by atoms with Gasteiger partial charge in [-0.25, -0.2) is 14.8 Å². The Balaban J connectivity index is 1.45. The number of nitrogens with one attached hydrogen (secondary N) is 1. The number of aromatic nitrogens is 2. The maximum atomic E-state index is 12.9. The first kappa shape index (κ1) is 24.4. The van der Waals surface area contributed by atoms with Crippen LogP contribution in [-0.4, -0.2) is 71.0 Å². The predicted octanol–water partition coefficient (Wildman–Crippen LogP) is 3.46. The van der Waals surface area contributed by atoms with Crippen LogP contribution in [-0.2, 0) is 20.9 Å². The van der Waals surface area contributed by atoms with Gasteiger partial charge in [-0.2, -0.15) is 0 Å². The number of fused-ring (bicyclic) bond motifs is 1. The van der Waals surface area contributed by atoms with E-state index in [4.69, 9.17) is 14.7 Å². The van der Waals surface area contributed by atoms with Gasteiger partial charge in [-0.05, 0) is 30.9 Å². The van der Waals surface area contributed by atoms with Crippen LogP contribution < -0.4 is 5.32 Å². The number of hydrogen-bond acceptors (Lipinski definition) is 7. The zero-order valence-corrected chi connectivity index (χ0v) is 20.6. The predicted molar refractivity (Wildman–Crippen MR) is 132 cm³/mol. The van der Waals surface area contributed by atoms with E-state index in [-0.39, 0.29) is 17.8 Å². The summed E-state index contributed by atoms with van der Waals surface area (Å²) in [6.07, 6.45) is 5.71. The molecular formula is C26H37N5O3. The SMILES string of the molecule is COC(=O)[C@@H](Nc1nc(CN2CCN(C(=O)C3CCCCC3)CC2)nc2ccccc12)C(C)C. The molecule has 2 aromatic rings. The monoisotopic (exact) mass is 467 g/mol. The minimum Gasteiger partial charge on any atom is -0.467 e. The highest BCUT2D eigenvalue weighted by Crippen LogP contribution is 2.26. The maximum absolute atomic E-state index is 12.9. The van der Waals surface area contributed by atoms with Gasteiger partial charge in [0.2, 0.25) is 5.91 Å². The number of ether oxygens (including phenoxy) is 1. The van der Waals surface area contributed by atoms with Gasteiger partial charge in [-0.1, -0.05) is 45.2 Å². The Hall–Kier alpha value is -2.74. The van der Waals surface area contributed by atoms with Crippen LogP contribution in [0.3, 0.4) is 0 Å². The smallest absolute Gasteiger partial charge is 0.328 e. The van der Waals surface area contributed by atoms with Gasteiger partial charge in [-0.15, -0.1) is 0 Å². The van der Waals surface area contributed by atoms with Crippen LogP contribution in [0.15, 0.2) is 24.3 Å². The van der Waals surface area contributed by atoms with Gasteiger partial charge in [0.15, 0.2) is 0 Å². The first-order valence-electron chi connectivity index (χ1n) is 12.6. The average Bonchev–Trinajstić information content (AvgIpc) is 2.87. The van der Waals surface area contributed by atoms with E-state index in [1.54, 1.807) is 0 Å². The summed E-state index contributed by atoms with van der Waals surface area (Å²) in [7, 11) is 1.40. The number of amides is 1. The molecule has 1 aromatic heterocycles. The molecule has 1 atom stereocenters. The van der Waals surface area contributed by atoms with E-state index < -0.39 is 6.04 Å². The fourth-order valence-electron chi connectivity index (χ4n) is 5.01. The van der Waals surface area contributed by atoms with Crippen molar-refractivity contribution >= 4 is 28.6 Å². The molecule has 1 aliphatic carbocycles. The molecule has 2 heterocycles. The first-order valence-corrected chi connectivity index (χ1v) is 12.6. The van der Waals surface area contributed by atoms with E-state index in [9.17, 15) is 9.59 Å². The molecule has 1 N–H and O–H groups in total. The Bertz CT molecular complexity index is 997. The van der Waals surface area contributed by atoms with E-state index in [1.165, 1.54) is 26.4 Å². The lowest BCUT2D eigenvalue weighted by Crippen LogP contribution is -2.50. The summed E-state index contributed by atoms with van der Waals surface area (Å²) in [6, 6.07) is 7.34. The maximum Gasteiger partial charge on any atom is 0.328 e. The van der Waals surface area contributed by atoms with Crippen LogP contribution in [0.1, 0.15) is 51.8 Å². The number of benzene rings is 1. The Kier molecular flexibility index (Phi) is 7.98. The van der Waals surface area contributed by atoms with Crippen molar-refractivity contribution in [3.63, 3.8) is 0 Å². The van der Waals surface area contributed by atoms with Gasteiger partial charge in [0.05, 0.1) is 19.2 Å². The third-order valence-electron chi connectivity index (χ3n) is 7.07. The Morgan fingerprint density at radius 3 is 2.44 bits per heavy atom. The van der Waals surface area contributed by atoms with Gasteiger partial charge in [0.1, 0.15) is 17.7 Å². The second-order valence-corrected chi connectivity index (χ2v) is 9.83. The molecule has 8 heteroatoms. The zero-order valence-electron chi connectivity index (χ0n) is 20.6. The van der Waals surface area contributed by atoms with Gasteiger partial charge in [0.25, 0.3) is 0 Å². The van der Waals surface area contributed by atoms with Crippen molar-refractivity contribution in [3.8, 4) is 0 Å². The summed E-state index contributed by atoms with van der Waals surface area (Å²) in [5.41, 5.74) is 0.841. The number of carbonyl (C=O) groups is 2. The third kappa shape index (κ3) is 5.66. The topological polar surface area (TPSA) is 87.7 Å². The molecule has 1 aliphatic heterocycles. The molecule has 0 bridgehead atoms. The second-order valence-electron chi connectivity index (χ2n) is 9.83. The molecule has 4 rings (SSSR count). The molecule has 1 aromatic carbocycles. The molecule has 0 radical (unpaired) electrons. The lowest BCUT2D eigenvalue weighted by Gasteiger charge is -2.37. The number of piperazine rings is 1. The molecule has 1 amide bonds. The Labute approximate surface area is 202 Å². The minimum atomic E-state index is -0.495. The first-order chi connectivity index (χ1) is 16.5. The Morgan fingerprint density at radius 2 is 1.76 bits per heavy atom. The molecule has 1 saturated heterocycles. The zero-order chi connectivity index (χ0) is 24.1. The molecule has 2 aliphatic rings. The number of methoxy groups -OCH3 is 1. The molecule has 1 saturated carbocycles. The van der Waals surface area contributed by atoms with E-state index in [1.807, 2.05) is 43.0 Å².